The van der Waals surface area contributed by atoms with Gasteiger partial charge in [0, 0.05) is 13.0 Å². The van der Waals surface area contributed by atoms with Crippen molar-refractivity contribution in [3.8, 4) is 0 Å². The summed E-state index contributed by atoms with van der Waals surface area (Å²) < 4.78 is 11.2. The zero-order chi connectivity index (χ0) is 10.6. The minimum atomic E-state index is 0.254. The molecule has 0 aromatic rings. The van der Waals surface area contributed by atoms with E-state index < -0.39 is 0 Å². The van der Waals surface area contributed by atoms with Crippen LogP contribution in [0, 0.1) is 0 Å². The molecule has 0 N–H and O–H groups in total. The van der Waals surface area contributed by atoms with Crippen LogP contribution in [0.5, 0.6) is 0 Å². The van der Waals surface area contributed by atoms with Gasteiger partial charge in [-0.05, 0) is 44.9 Å². The van der Waals surface area contributed by atoms with E-state index in [2.05, 4.69) is 19.9 Å². The minimum absolute atomic E-state index is 0.254. The standard InChI is InChI=1S/C12H20O2/c1-5-13-11-7-10(4)12(14-6-2)8-9(11)3/h7,12H,5-6,8H2,1-4H3. The molecule has 2 heteroatoms. The van der Waals surface area contributed by atoms with Crippen LogP contribution in [0.4, 0.5) is 0 Å². The van der Waals surface area contributed by atoms with Crippen LogP contribution in [0.25, 0.3) is 0 Å². The first kappa shape index (κ1) is 11.3. The molecule has 0 fully saturated rings. The Morgan fingerprint density at radius 3 is 2.57 bits per heavy atom. The van der Waals surface area contributed by atoms with Gasteiger partial charge in [0.2, 0.25) is 0 Å². The molecule has 0 aromatic heterocycles. The summed E-state index contributed by atoms with van der Waals surface area (Å²) in [5.74, 6) is 1.03. The average molecular weight is 196 g/mol. The second-order valence-electron chi connectivity index (χ2n) is 3.61. The van der Waals surface area contributed by atoms with Crippen molar-refractivity contribution in [3.63, 3.8) is 0 Å². The first-order valence-electron chi connectivity index (χ1n) is 5.31. The molecular weight excluding hydrogens is 176 g/mol. The quantitative estimate of drug-likeness (QED) is 0.688. The summed E-state index contributed by atoms with van der Waals surface area (Å²) in [5.41, 5.74) is 2.55. The molecule has 0 aromatic carbocycles. The SMILES string of the molecule is CCOC1=C(C)CC(OCC)C(C)=C1. The number of rotatable bonds is 4. The van der Waals surface area contributed by atoms with Crippen LogP contribution in [-0.2, 0) is 9.47 Å². The highest BCUT2D eigenvalue weighted by Gasteiger charge is 2.19. The maximum Gasteiger partial charge on any atom is 0.118 e. The Morgan fingerprint density at radius 1 is 1.29 bits per heavy atom. The fourth-order valence-corrected chi connectivity index (χ4v) is 1.67. The lowest BCUT2D eigenvalue weighted by Gasteiger charge is -2.24. The first-order valence-corrected chi connectivity index (χ1v) is 5.31. The Kier molecular flexibility index (Phi) is 4.21. The maximum atomic E-state index is 5.63. The molecule has 0 saturated carbocycles. The van der Waals surface area contributed by atoms with E-state index in [0.29, 0.717) is 0 Å². The summed E-state index contributed by atoms with van der Waals surface area (Å²) in [6.07, 6.45) is 3.32. The molecule has 0 radical (unpaired) electrons. The van der Waals surface area contributed by atoms with Gasteiger partial charge in [-0.2, -0.15) is 0 Å². The van der Waals surface area contributed by atoms with Gasteiger partial charge in [0.1, 0.15) is 5.76 Å². The lowest BCUT2D eigenvalue weighted by molar-refractivity contribution is 0.0841. The number of ether oxygens (including phenoxy) is 2. The van der Waals surface area contributed by atoms with Gasteiger partial charge in [0.05, 0.1) is 12.7 Å². The van der Waals surface area contributed by atoms with E-state index in [4.69, 9.17) is 9.47 Å². The predicted molar refractivity (Wildman–Crippen MR) is 58.1 cm³/mol. The third-order valence-electron chi connectivity index (χ3n) is 2.45. The highest BCUT2D eigenvalue weighted by atomic mass is 16.5. The van der Waals surface area contributed by atoms with Crippen molar-refractivity contribution in [2.24, 2.45) is 0 Å². The molecule has 1 aliphatic carbocycles. The molecule has 0 bridgehead atoms. The van der Waals surface area contributed by atoms with Gasteiger partial charge in [-0.15, -0.1) is 0 Å². The largest absolute Gasteiger partial charge is 0.494 e. The molecule has 0 aliphatic heterocycles. The van der Waals surface area contributed by atoms with Gasteiger partial charge < -0.3 is 9.47 Å². The molecule has 80 valence electrons. The lowest BCUT2D eigenvalue weighted by Crippen LogP contribution is -2.19. The molecule has 14 heavy (non-hydrogen) atoms. The maximum absolute atomic E-state index is 5.63. The van der Waals surface area contributed by atoms with E-state index in [0.717, 1.165) is 25.4 Å². The Bertz CT molecular complexity index is 251. The molecular formula is C12H20O2. The summed E-state index contributed by atoms with van der Waals surface area (Å²) in [4.78, 5) is 0. The van der Waals surface area contributed by atoms with Crippen LogP contribution >= 0.6 is 0 Å². The summed E-state index contributed by atoms with van der Waals surface area (Å²) in [5, 5.41) is 0. The number of hydrogen-bond acceptors (Lipinski definition) is 2. The van der Waals surface area contributed by atoms with Gasteiger partial charge in [0.15, 0.2) is 0 Å². The van der Waals surface area contributed by atoms with Crippen molar-refractivity contribution in [1.82, 2.24) is 0 Å². The topological polar surface area (TPSA) is 18.5 Å². The number of hydrogen-bond donors (Lipinski definition) is 0. The Hall–Kier alpha value is -0.760. The number of allylic oxidation sites excluding steroid dienone is 1. The van der Waals surface area contributed by atoms with Crippen molar-refractivity contribution in [2.75, 3.05) is 13.2 Å². The molecule has 2 nitrogen and oxygen atoms in total. The summed E-state index contributed by atoms with van der Waals surface area (Å²) in [7, 11) is 0. The van der Waals surface area contributed by atoms with E-state index in [1.54, 1.807) is 0 Å². The Labute approximate surface area is 86.6 Å². The Balaban J connectivity index is 2.71. The lowest BCUT2D eigenvalue weighted by atomic mass is 9.96. The highest BCUT2D eigenvalue weighted by Crippen LogP contribution is 2.26. The summed E-state index contributed by atoms with van der Waals surface area (Å²) in [6.45, 7) is 9.76. The van der Waals surface area contributed by atoms with E-state index in [-0.39, 0.29) is 6.10 Å². The average Bonchev–Trinajstić information content (AvgIpc) is 2.14. The van der Waals surface area contributed by atoms with Crippen molar-refractivity contribution in [1.29, 1.82) is 0 Å². The van der Waals surface area contributed by atoms with Crippen molar-refractivity contribution in [3.05, 3.63) is 23.0 Å². The molecule has 0 spiro atoms. The second kappa shape index (κ2) is 5.20. The third kappa shape index (κ3) is 2.61. The monoisotopic (exact) mass is 196 g/mol. The van der Waals surface area contributed by atoms with Crippen LogP contribution in [0.1, 0.15) is 34.1 Å². The summed E-state index contributed by atoms with van der Waals surface area (Å²) in [6, 6.07) is 0. The molecule has 0 heterocycles. The normalized spacial score (nSPS) is 22.3. The van der Waals surface area contributed by atoms with Crippen molar-refractivity contribution < 1.29 is 9.47 Å². The zero-order valence-electron chi connectivity index (χ0n) is 9.59. The second-order valence-corrected chi connectivity index (χ2v) is 3.61. The van der Waals surface area contributed by atoms with Crippen LogP contribution in [0.2, 0.25) is 0 Å². The van der Waals surface area contributed by atoms with Gasteiger partial charge in [-0.25, -0.2) is 0 Å². The molecule has 1 rings (SSSR count). The molecule has 1 atom stereocenters. The van der Waals surface area contributed by atoms with Crippen LogP contribution in [0.15, 0.2) is 23.0 Å². The van der Waals surface area contributed by atoms with Gasteiger partial charge >= 0.3 is 0 Å². The van der Waals surface area contributed by atoms with Crippen LogP contribution in [-0.4, -0.2) is 19.3 Å². The van der Waals surface area contributed by atoms with E-state index >= 15 is 0 Å². The van der Waals surface area contributed by atoms with Crippen LogP contribution < -0.4 is 0 Å². The van der Waals surface area contributed by atoms with Gasteiger partial charge in [0.25, 0.3) is 0 Å². The molecule has 0 saturated heterocycles. The van der Waals surface area contributed by atoms with Gasteiger partial charge in [-0.3, -0.25) is 0 Å². The molecule has 1 aliphatic rings. The molecule has 0 amide bonds. The van der Waals surface area contributed by atoms with Crippen LogP contribution in [0.3, 0.4) is 0 Å². The highest BCUT2D eigenvalue weighted by molar-refractivity contribution is 5.30. The van der Waals surface area contributed by atoms with Crippen molar-refractivity contribution in [2.45, 2.75) is 40.2 Å². The first-order chi connectivity index (χ1) is 6.69. The van der Waals surface area contributed by atoms with E-state index in [1.807, 2.05) is 13.8 Å². The smallest absolute Gasteiger partial charge is 0.118 e. The van der Waals surface area contributed by atoms with Gasteiger partial charge in [-0.1, -0.05) is 0 Å². The predicted octanol–water partition coefficient (Wildman–Crippen LogP) is 3.05. The fraction of sp³-hybridized carbons (Fsp3) is 0.667. The third-order valence-corrected chi connectivity index (χ3v) is 2.45. The fourth-order valence-electron chi connectivity index (χ4n) is 1.67. The minimum Gasteiger partial charge on any atom is -0.494 e. The van der Waals surface area contributed by atoms with Crippen molar-refractivity contribution >= 4 is 0 Å². The zero-order valence-corrected chi connectivity index (χ0v) is 9.59. The Morgan fingerprint density at radius 2 is 2.00 bits per heavy atom. The van der Waals surface area contributed by atoms with E-state index in [9.17, 15) is 0 Å². The summed E-state index contributed by atoms with van der Waals surface area (Å²) >= 11 is 0. The van der Waals surface area contributed by atoms with E-state index in [1.165, 1.54) is 11.1 Å². The molecule has 1 unspecified atom stereocenters.